The number of carboxylic acid groups (broad SMARTS) is 1. The largest absolute Gasteiger partial charge is 0.481 e. The number of nitrogens with one attached hydrogen (secondary N) is 5. The molecule has 0 unspecified atom stereocenters. The van der Waals surface area contributed by atoms with Crippen molar-refractivity contribution in [2.45, 2.75) is 110 Å². The van der Waals surface area contributed by atoms with Crippen molar-refractivity contribution < 1.29 is 43.4 Å². The number of para-hydroxylation sites is 1. The fourth-order valence-corrected chi connectivity index (χ4v) is 5.18. The van der Waals surface area contributed by atoms with Crippen LogP contribution in [-0.2, 0) is 44.7 Å². The molecule has 2 rings (SSSR count). The Kier molecular flexibility index (Phi) is 15.8. The first-order chi connectivity index (χ1) is 24.2. The number of aromatic nitrogens is 1. The lowest BCUT2D eigenvalue weighted by atomic mass is 9.99. The maximum atomic E-state index is 13.6. The molecule has 0 saturated carbocycles. The van der Waals surface area contributed by atoms with Gasteiger partial charge in [0.15, 0.2) is 0 Å². The number of aromatic amines is 1. The van der Waals surface area contributed by atoms with Gasteiger partial charge in [-0.15, -0.1) is 0 Å². The summed E-state index contributed by atoms with van der Waals surface area (Å²) in [6, 6.07) is 0.223. The number of amides is 5. The standard InChI is InChI=1S/C34H49N9O9/c1-17(2)12-23(32(50)42-43-36)40-33(51)28(18(3)4)41-31(49)24(14-26(44)45)39-30(48)25(15-27(46)52-34(5,6)7)38-29(47)21(35)13-19-16-37-22-11-9-8-10-20(19)22/h8-11,16-18,21,23-25,28,37H,12-15,35H2,1-7H3,(H,38,47)(H,39,48)(H,40,51)(H,41,49)(H,44,45)/t21-,23+,24+,25-,28-/m1/s1. The van der Waals surface area contributed by atoms with Gasteiger partial charge in [-0.2, -0.15) is 0 Å². The van der Waals surface area contributed by atoms with Crippen LogP contribution in [0, 0.1) is 11.8 Å². The third-order valence-electron chi connectivity index (χ3n) is 7.60. The molecule has 0 bridgehead atoms. The van der Waals surface area contributed by atoms with E-state index in [-0.39, 0.29) is 18.8 Å². The van der Waals surface area contributed by atoms with E-state index in [2.05, 4.69) is 36.3 Å². The Bertz CT molecular complexity index is 1680. The minimum absolute atomic E-state index is 0.0613. The normalized spacial score (nSPS) is 14.3. The Hall–Kier alpha value is -5.48. The van der Waals surface area contributed by atoms with Crippen LogP contribution in [0.25, 0.3) is 21.3 Å². The third-order valence-corrected chi connectivity index (χ3v) is 7.60. The van der Waals surface area contributed by atoms with Crippen LogP contribution in [0.3, 0.4) is 0 Å². The SMILES string of the molecule is CC(C)C[C@H](NC(=O)[C@H](NC(=O)[C@H](CC(=O)O)NC(=O)[C@@H](CC(=O)OC(C)(C)C)NC(=O)[C@H](N)Cc1c[nH]c2ccccc12)C(C)C)C(=O)N=[N+]=[N-]. The van der Waals surface area contributed by atoms with Gasteiger partial charge in [0.05, 0.1) is 24.9 Å². The Morgan fingerprint density at radius 1 is 0.885 bits per heavy atom. The van der Waals surface area contributed by atoms with Crippen LogP contribution in [0.4, 0.5) is 0 Å². The summed E-state index contributed by atoms with van der Waals surface area (Å²) in [5, 5.41) is 23.1. The lowest BCUT2D eigenvalue weighted by Gasteiger charge is -2.28. The minimum Gasteiger partial charge on any atom is -0.481 e. The van der Waals surface area contributed by atoms with Gasteiger partial charge in [0.25, 0.3) is 0 Å². The number of rotatable bonds is 18. The maximum Gasteiger partial charge on any atom is 0.308 e. The van der Waals surface area contributed by atoms with Gasteiger partial charge >= 0.3 is 11.9 Å². The number of nitrogens with two attached hydrogens (primary N) is 1. The minimum atomic E-state index is -1.78. The second-order valence-electron chi connectivity index (χ2n) is 14.1. The number of fused-ring (bicyclic) bond motifs is 1. The monoisotopic (exact) mass is 727 g/mol. The number of esters is 1. The van der Waals surface area contributed by atoms with Crippen molar-refractivity contribution in [2.75, 3.05) is 0 Å². The molecule has 1 heterocycles. The van der Waals surface area contributed by atoms with E-state index in [0.717, 1.165) is 16.5 Å². The fourth-order valence-electron chi connectivity index (χ4n) is 5.18. The second kappa shape index (κ2) is 19.2. The zero-order chi connectivity index (χ0) is 39.3. The molecule has 0 aliphatic rings. The molecular formula is C34H49N9O9. The third kappa shape index (κ3) is 13.7. The molecule has 1 aromatic heterocycles. The molecule has 0 aliphatic carbocycles. The highest BCUT2D eigenvalue weighted by Gasteiger charge is 2.35. The summed E-state index contributed by atoms with van der Waals surface area (Å²) < 4.78 is 5.33. The molecule has 1 aromatic carbocycles. The topological polar surface area (TPSA) is 288 Å². The molecule has 2 aromatic rings. The fraction of sp³-hybridized carbons (Fsp3) is 0.559. The van der Waals surface area contributed by atoms with Gasteiger partial charge in [-0.05, 0) is 67.7 Å². The van der Waals surface area contributed by atoms with E-state index in [1.165, 1.54) is 0 Å². The molecule has 5 amide bonds. The van der Waals surface area contributed by atoms with Crippen LogP contribution < -0.4 is 27.0 Å². The number of ether oxygens (including phenoxy) is 1. The van der Waals surface area contributed by atoms with E-state index in [4.69, 9.17) is 16.0 Å². The lowest BCUT2D eigenvalue weighted by Crippen LogP contribution is -2.60. The molecule has 8 N–H and O–H groups in total. The molecule has 18 heteroatoms. The molecule has 0 aliphatic heterocycles. The number of hydrogen-bond donors (Lipinski definition) is 7. The molecular weight excluding hydrogens is 678 g/mol. The zero-order valence-electron chi connectivity index (χ0n) is 30.4. The highest BCUT2D eigenvalue weighted by atomic mass is 16.6. The van der Waals surface area contributed by atoms with E-state index in [9.17, 15) is 38.7 Å². The molecule has 284 valence electrons. The molecule has 0 radical (unpaired) electrons. The van der Waals surface area contributed by atoms with Gasteiger partial charge in [-0.3, -0.25) is 33.6 Å². The molecule has 0 fully saturated rings. The van der Waals surface area contributed by atoms with Crippen molar-refractivity contribution >= 4 is 52.4 Å². The summed E-state index contributed by atoms with van der Waals surface area (Å²) in [6.45, 7) is 11.5. The predicted molar refractivity (Wildman–Crippen MR) is 189 cm³/mol. The number of carbonyl (C=O) groups excluding carboxylic acids is 6. The van der Waals surface area contributed by atoms with Crippen LogP contribution in [0.1, 0.15) is 73.3 Å². The summed E-state index contributed by atoms with van der Waals surface area (Å²) >= 11 is 0. The van der Waals surface area contributed by atoms with Gasteiger partial charge in [-0.25, -0.2) is 0 Å². The van der Waals surface area contributed by atoms with Crippen LogP contribution in [-0.4, -0.2) is 87.4 Å². The summed E-state index contributed by atoms with van der Waals surface area (Å²) in [5.41, 5.74) is 15.5. The highest BCUT2D eigenvalue weighted by Crippen LogP contribution is 2.19. The molecule has 5 atom stereocenters. The van der Waals surface area contributed by atoms with Gasteiger partial charge in [-0.1, -0.05) is 45.9 Å². The molecule has 52 heavy (non-hydrogen) atoms. The van der Waals surface area contributed by atoms with Crippen molar-refractivity contribution in [2.24, 2.45) is 22.7 Å². The van der Waals surface area contributed by atoms with Gasteiger partial charge < -0.3 is 41.8 Å². The van der Waals surface area contributed by atoms with Crippen molar-refractivity contribution in [3.05, 3.63) is 46.5 Å². The number of benzene rings is 1. The smallest absolute Gasteiger partial charge is 0.308 e. The summed E-state index contributed by atoms with van der Waals surface area (Å²) in [5.74, 6) is -7.80. The van der Waals surface area contributed by atoms with Gasteiger partial charge in [0, 0.05) is 22.0 Å². The lowest BCUT2D eigenvalue weighted by molar-refractivity contribution is -0.156. The maximum absolute atomic E-state index is 13.6. The number of aliphatic carboxylic acids is 1. The van der Waals surface area contributed by atoms with E-state index in [1.54, 1.807) is 54.7 Å². The summed E-state index contributed by atoms with van der Waals surface area (Å²) in [4.78, 5) is 96.2. The van der Waals surface area contributed by atoms with Crippen molar-refractivity contribution in [1.29, 1.82) is 0 Å². The Morgan fingerprint density at radius 3 is 2.04 bits per heavy atom. The number of carboxylic acids is 1. The van der Waals surface area contributed by atoms with Crippen molar-refractivity contribution in [3.8, 4) is 0 Å². The number of nitrogens with zero attached hydrogens (tertiary/aromatic N) is 3. The molecule has 0 saturated heterocycles. The van der Waals surface area contributed by atoms with Crippen LogP contribution in [0.2, 0.25) is 0 Å². The predicted octanol–water partition coefficient (Wildman–Crippen LogP) is 1.72. The van der Waals surface area contributed by atoms with Crippen LogP contribution >= 0.6 is 0 Å². The Labute approximate surface area is 301 Å². The first-order valence-electron chi connectivity index (χ1n) is 16.8. The Morgan fingerprint density at radius 2 is 1.46 bits per heavy atom. The number of azide groups is 1. The number of hydrogen-bond acceptors (Lipinski definition) is 9. The van der Waals surface area contributed by atoms with E-state index < -0.39 is 96.0 Å². The Balaban J connectivity index is 2.31. The summed E-state index contributed by atoms with van der Waals surface area (Å²) in [6.07, 6.45) is 0.249. The van der Waals surface area contributed by atoms with Crippen molar-refractivity contribution in [1.82, 2.24) is 26.3 Å². The van der Waals surface area contributed by atoms with E-state index in [1.807, 2.05) is 24.3 Å². The first kappa shape index (κ1) is 42.7. The number of carbonyl (C=O) groups is 7. The quantitative estimate of drug-likeness (QED) is 0.0505. The molecule has 0 spiro atoms. The van der Waals surface area contributed by atoms with Crippen molar-refractivity contribution in [3.63, 3.8) is 0 Å². The van der Waals surface area contributed by atoms with Gasteiger partial charge in [0.2, 0.25) is 29.5 Å². The zero-order valence-corrected chi connectivity index (χ0v) is 30.4. The first-order valence-corrected chi connectivity index (χ1v) is 16.8. The average Bonchev–Trinajstić information content (AvgIpc) is 3.43. The van der Waals surface area contributed by atoms with E-state index >= 15 is 0 Å². The van der Waals surface area contributed by atoms with Gasteiger partial charge in [0.1, 0.15) is 23.7 Å². The van der Waals surface area contributed by atoms with Crippen LogP contribution in [0.5, 0.6) is 0 Å². The van der Waals surface area contributed by atoms with E-state index in [0.29, 0.717) is 0 Å². The van der Waals surface area contributed by atoms with Crippen LogP contribution in [0.15, 0.2) is 35.6 Å². The number of H-pyrrole nitrogens is 1. The highest BCUT2D eigenvalue weighted by molar-refractivity contribution is 5.98. The summed E-state index contributed by atoms with van der Waals surface area (Å²) in [7, 11) is 0. The average molecular weight is 728 g/mol. The second-order valence-corrected chi connectivity index (χ2v) is 14.1. The molecule has 18 nitrogen and oxygen atoms in total.